The number of aryl methyl sites for hydroxylation is 1. The predicted molar refractivity (Wildman–Crippen MR) is 92.8 cm³/mol. The average Bonchev–Trinajstić information content (AvgIpc) is 2.88. The van der Waals surface area contributed by atoms with Crippen molar-refractivity contribution >= 4 is 44.9 Å². The van der Waals surface area contributed by atoms with E-state index in [4.69, 9.17) is 4.74 Å². The lowest BCUT2D eigenvalue weighted by molar-refractivity contribution is -0.116. The first-order chi connectivity index (χ1) is 9.98. The third kappa shape index (κ3) is 3.49. The lowest BCUT2D eigenvalue weighted by Crippen LogP contribution is -2.55. The molecule has 116 valence electrons. The Hall–Kier alpha value is -0.0400. The number of fused-ring (bicyclic) bond motifs is 1. The van der Waals surface area contributed by atoms with E-state index in [-0.39, 0.29) is 17.6 Å². The van der Waals surface area contributed by atoms with Gasteiger partial charge in [0.1, 0.15) is 0 Å². The van der Waals surface area contributed by atoms with Crippen LogP contribution in [-0.2, 0) is 16.9 Å². The number of alkyl halides is 1. The van der Waals surface area contributed by atoms with Gasteiger partial charge in [0.25, 0.3) is 5.91 Å². The topological polar surface area (TPSA) is 29.5 Å². The van der Waals surface area contributed by atoms with E-state index in [2.05, 4.69) is 35.8 Å². The Bertz CT molecular complexity index is 520. The van der Waals surface area contributed by atoms with Crippen molar-refractivity contribution in [3.05, 3.63) is 21.4 Å². The normalized spacial score (nSPS) is 24.7. The quantitative estimate of drug-likeness (QED) is 0.724. The van der Waals surface area contributed by atoms with Crippen molar-refractivity contribution in [3.63, 3.8) is 0 Å². The average molecular weight is 390 g/mol. The zero-order valence-corrected chi connectivity index (χ0v) is 15.6. The van der Waals surface area contributed by atoms with Crippen molar-refractivity contribution in [2.75, 3.05) is 24.2 Å². The van der Waals surface area contributed by atoms with E-state index in [1.54, 1.807) is 11.3 Å². The summed E-state index contributed by atoms with van der Waals surface area (Å²) in [5.41, 5.74) is 1.09. The van der Waals surface area contributed by atoms with Gasteiger partial charge in [0.15, 0.2) is 0 Å². The van der Waals surface area contributed by atoms with Crippen molar-refractivity contribution in [1.82, 2.24) is 4.90 Å². The van der Waals surface area contributed by atoms with Crippen LogP contribution < -0.4 is 0 Å². The zero-order valence-electron chi connectivity index (χ0n) is 12.4. The van der Waals surface area contributed by atoms with Crippen LogP contribution in [0, 0.1) is 0 Å². The second kappa shape index (κ2) is 6.22. The minimum atomic E-state index is -0.279. The molecule has 1 fully saturated rings. The maximum atomic E-state index is 12.8. The Labute approximate surface area is 142 Å². The number of carbonyl (C=O) groups excluding carboxylic acids is 1. The molecule has 3 heterocycles. The summed E-state index contributed by atoms with van der Waals surface area (Å²) in [6.07, 6.45) is 1.18. The standard InChI is InChI=1S/C15H20BrNO2S2/c1-15(2)9-17(7-11(6-16)19-15)14(18)13-5-10-8-20-4-3-12(10)21-13/h5,11H,3-4,6-9H2,1-2H3. The molecule has 0 aliphatic carbocycles. The highest BCUT2D eigenvalue weighted by Crippen LogP contribution is 2.33. The summed E-state index contributed by atoms with van der Waals surface area (Å²) in [4.78, 5) is 17.1. The maximum Gasteiger partial charge on any atom is 0.264 e. The molecule has 1 amide bonds. The minimum absolute atomic E-state index is 0.0721. The van der Waals surface area contributed by atoms with Crippen LogP contribution in [0.25, 0.3) is 0 Å². The van der Waals surface area contributed by atoms with Crippen LogP contribution in [0.1, 0.15) is 34.0 Å². The summed E-state index contributed by atoms with van der Waals surface area (Å²) < 4.78 is 5.98. The maximum absolute atomic E-state index is 12.8. The molecule has 1 atom stereocenters. The van der Waals surface area contributed by atoms with E-state index in [0.717, 1.165) is 22.4 Å². The van der Waals surface area contributed by atoms with E-state index in [9.17, 15) is 4.79 Å². The Balaban J connectivity index is 1.79. The number of thioether (sulfide) groups is 1. The van der Waals surface area contributed by atoms with E-state index < -0.39 is 0 Å². The second-order valence-corrected chi connectivity index (χ2v) is 9.09. The molecule has 2 aliphatic heterocycles. The molecule has 0 spiro atoms. The highest BCUT2D eigenvalue weighted by molar-refractivity contribution is 9.09. The molecular weight excluding hydrogens is 370 g/mol. The molecule has 1 saturated heterocycles. The number of thiophene rings is 1. The number of nitrogens with zero attached hydrogens (tertiary/aromatic N) is 1. The highest BCUT2D eigenvalue weighted by atomic mass is 79.9. The summed E-state index contributed by atoms with van der Waals surface area (Å²) in [7, 11) is 0. The van der Waals surface area contributed by atoms with Crippen molar-refractivity contribution in [3.8, 4) is 0 Å². The first-order valence-corrected chi connectivity index (χ1v) is 10.3. The SMILES string of the molecule is CC1(C)CN(C(=O)c2cc3c(s2)CCSC3)CC(CBr)O1. The Kier molecular flexibility index (Phi) is 4.69. The molecule has 3 rings (SSSR count). The van der Waals surface area contributed by atoms with E-state index in [1.807, 2.05) is 16.7 Å². The number of morpholine rings is 1. The number of ether oxygens (including phenoxy) is 1. The van der Waals surface area contributed by atoms with E-state index in [0.29, 0.717) is 13.1 Å². The number of amides is 1. The van der Waals surface area contributed by atoms with Crippen LogP contribution in [0.4, 0.5) is 0 Å². The lowest BCUT2D eigenvalue weighted by atomic mass is 10.1. The fourth-order valence-electron chi connectivity index (χ4n) is 2.94. The number of hydrogen-bond donors (Lipinski definition) is 0. The molecule has 1 unspecified atom stereocenters. The monoisotopic (exact) mass is 389 g/mol. The molecule has 1 aromatic rings. The van der Waals surface area contributed by atoms with Crippen molar-refractivity contribution in [2.24, 2.45) is 0 Å². The van der Waals surface area contributed by atoms with Gasteiger partial charge < -0.3 is 9.64 Å². The van der Waals surface area contributed by atoms with Gasteiger partial charge in [0, 0.05) is 29.0 Å². The second-order valence-electron chi connectivity index (χ2n) is 6.20. The fraction of sp³-hybridized carbons (Fsp3) is 0.667. The fourth-order valence-corrected chi connectivity index (χ4v) is 5.62. The minimum Gasteiger partial charge on any atom is -0.368 e. The Morgan fingerprint density at radius 3 is 3.10 bits per heavy atom. The largest absolute Gasteiger partial charge is 0.368 e. The summed E-state index contributed by atoms with van der Waals surface area (Å²) in [6, 6.07) is 2.11. The van der Waals surface area contributed by atoms with Gasteiger partial charge >= 0.3 is 0 Å². The number of hydrogen-bond acceptors (Lipinski definition) is 4. The predicted octanol–water partition coefficient (Wildman–Crippen LogP) is 3.55. The van der Waals surface area contributed by atoms with Crippen LogP contribution in [0.5, 0.6) is 0 Å². The summed E-state index contributed by atoms with van der Waals surface area (Å²) in [5.74, 6) is 2.40. The number of carbonyl (C=O) groups is 1. The van der Waals surface area contributed by atoms with Gasteiger partial charge in [0.2, 0.25) is 0 Å². The molecule has 2 aliphatic rings. The van der Waals surface area contributed by atoms with Gasteiger partial charge in [-0.2, -0.15) is 11.8 Å². The molecular formula is C15H20BrNO2S2. The van der Waals surface area contributed by atoms with Crippen molar-refractivity contribution in [2.45, 2.75) is 37.7 Å². The summed E-state index contributed by atoms with van der Waals surface area (Å²) in [6.45, 7) is 5.44. The molecule has 3 nitrogen and oxygen atoms in total. The van der Waals surface area contributed by atoms with Crippen molar-refractivity contribution < 1.29 is 9.53 Å². The molecule has 21 heavy (non-hydrogen) atoms. The van der Waals surface area contributed by atoms with Crippen LogP contribution in [0.15, 0.2) is 6.07 Å². The Morgan fingerprint density at radius 1 is 1.57 bits per heavy atom. The Morgan fingerprint density at radius 2 is 2.38 bits per heavy atom. The smallest absolute Gasteiger partial charge is 0.264 e. The molecule has 0 bridgehead atoms. The third-order valence-corrected chi connectivity index (χ3v) is 6.73. The van der Waals surface area contributed by atoms with Gasteiger partial charge in [0.05, 0.1) is 16.6 Å². The number of rotatable bonds is 2. The number of halogens is 1. The van der Waals surface area contributed by atoms with E-state index in [1.165, 1.54) is 16.2 Å². The van der Waals surface area contributed by atoms with Gasteiger partial charge in [-0.1, -0.05) is 15.9 Å². The molecule has 0 N–H and O–H groups in total. The van der Waals surface area contributed by atoms with E-state index >= 15 is 0 Å². The molecule has 0 radical (unpaired) electrons. The molecule has 0 saturated carbocycles. The summed E-state index contributed by atoms with van der Waals surface area (Å²) >= 11 is 7.13. The molecule has 6 heteroatoms. The summed E-state index contributed by atoms with van der Waals surface area (Å²) in [5, 5.41) is 0.762. The van der Waals surface area contributed by atoms with Crippen LogP contribution in [0.2, 0.25) is 0 Å². The third-order valence-electron chi connectivity index (χ3n) is 3.78. The first-order valence-electron chi connectivity index (χ1n) is 7.21. The molecule has 1 aromatic heterocycles. The zero-order chi connectivity index (χ0) is 15.0. The van der Waals surface area contributed by atoms with Gasteiger partial charge in [-0.15, -0.1) is 11.3 Å². The first kappa shape index (κ1) is 15.8. The van der Waals surface area contributed by atoms with Crippen molar-refractivity contribution in [1.29, 1.82) is 0 Å². The van der Waals surface area contributed by atoms with Crippen LogP contribution >= 0.6 is 39.0 Å². The molecule has 0 aromatic carbocycles. The van der Waals surface area contributed by atoms with Gasteiger partial charge in [-0.3, -0.25) is 4.79 Å². The van der Waals surface area contributed by atoms with Crippen LogP contribution in [0.3, 0.4) is 0 Å². The highest BCUT2D eigenvalue weighted by Gasteiger charge is 2.36. The van der Waals surface area contributed by atoms with Gasteiger partial charge in [-0.25, -0.2) is 0 Å². The lowest BCUT2D eigenvalue weighted by Gasteiger charge is -2.42. The van der Waals surface area contributed by atoms with Crippen LogP contribution in [-0.4, -0.2) is 46.7 Å². The van der Waals surface area contributed by atoms with Gasteiger partial charge in [-0.05, 0) is 37.7 Å².